The predicted molar refractivity (Wildman–Crippen MR) is 259 cm³/mol. The topological polar surface area (TPSA) is 685 Å². The summed E-state index contributed by atoms with van der Waals surface area (Å²) in [4.78, 5) is 56.3. The van der Waals surface area contributed by atoms with E-state index >= 15 is 0 Å². The van der Waals surface area contributed by atoms with E-state index < -0.39 is 277 Å². The van der Waals surface area contributed by atoms with Crippen LogP contribution in [-0.2, 0) is 76.0 Å². The molecule has 4 unspecified atom stereocenters. The first kappa shape index (κ1) is 68.5. The summed E-state index contributed by atoms with van der Waals surface area (Å²) in [6.45, 7) is -7.44. The third-order valence-corrected chi connectivity index (χ3v) is 16.2. The van der Waals surface area contributed by atoms with Crippen molar-refractivity contribution in [3.05, 3.63) is 0 Å². The molecule has 484 valence electrons. The van der Waals surface area contributed by atoms with Crippen LogP contribution >= 0.6 is 0 Å². The molecule has 7 heterocycles. The monoisotopic (exact) mass is 1230 g/mol. The molecule has 31 atom stereocenters. The number of carbonyl (C=O) groups excluding carboxylic acids is 4. The van der Waals surface area contributed by atoms with Gasteiger partial charge in [0.2, 0.25) is 5.60 Å². The fourth-order valence-corrected chi connectivity index (χ4v) is 10.9. The van der Waals surface area contributed by atoms with Gasteiger partial charge in [0.15, 0.2) is 54.9 Å². The molecule has 30 N–H and O–H groups in total. The predicted octanol–water partition coefficient (Wildman–Crippen LogP) is -16.8. The first-order valence-electron chi connectivity index (χ1n) is 26.4. The minimum atomic E-state index is -4.23. The van der Waals surface area contributed by atoms with E-state index in [9.17, 15) is 101 Å². The Labute approximate surface area is 474 Å². The first-order chi connectivity index (χ1) is 39.4. The second-order valence-electron chi connectivity index (χ2n) is 21.4. The summed E-state index contributed by atoms with van der Waals surface area (Å²) in [5, 5.41) is 175. The third kappa shape index (κ3) is 12.1. The number of Topliss-reactive ketones (excluding diaryl/α,β-unsaturated/α-hetero) is 2. The van der Waals surface area contributed by atoms with Gasteiger partial charge in [-0.1, -0.05) is 0 Å². The van der Waals surface area contributed by atoms with Crippen LogP contribution in [0, 0.1) is 0 Å². The minimum absolute atomic E-state index is 0.606. The molecule has 39 heteroatoms. The summed E-state index contributed by atoms with van der Waals surface area (Å²) in [5.41, 5.74) is 35.6. The Bertz CT molecular complexity index is 2270. The molecule has 7 fully saturated rings. The van der Waals surface area contributed by atoms with E-state index in [1.807, 2.05) is 0 Å². The summed E-state index contributed by atoms with van der Waals surface area (Å²) in [6, 6.07) is -12.9. The van der Waals surface area contributed by atoms with Crippen molar-refractivity contribution >= 4 is 23.5 Å². The van der Waals surface area contributed by atoms with Gasteiger partial charge in [-0.15, -0.1) is 0 Å². The number of carbonyl (C=O) groups is 4. The third-order valence-electron chi connectivity index (χ3n) is 16.2. The Morgan fingerprint density at radius 2 is 0.905 bits per heavy atom. The number of fused-ring (bicyclic) bond motifs is 1. The molecular formula is C45H77N7O32. The number of hydrogen-bond donors (Lipinski definition) is 23. The van der Waals surface area contributed by atoms with Gasteiger partial charge in [-0.25, -0.2) is 0 Å². The van der Waals surface area contributed by atoms with Crippen molar-refractivity contribution in [2.24, 2.45) is 40.1 Å². The molecule has 84 heavy (non-hydrogen) atoms. The highest BCUT2D eigenvalue weighted by Crippen LogP contribution is 2.49. The van der Waals surface area contributed by atoms with Crippen molar-refractivity contribution in [2.45, 2.75) is 214 Å². The second kappa shape index (κ2) is 27.0. The summed E-state index contributed by atoms with van der Waals surface area (Å²) >= 11 is 0. The number of aliphatic hydroxyl groups excluding tert-OH is 14. The van der Waals surface area contributed by atoms with Crippen LogP contribution in [0.2, 0.25) is 0 Å². The molecule has 0 aromatic carbocycles. The smallest absolute Gasteiger partial charge is 0.325 e. The molecule has 0 bridgehead atoms. The van der Waals surface area contributed by atoms with Gasteiger partial charge in [0.25, 0.3) is 0 Å². The number of ether oxygens (including phenoxy) is 12. The van der Waals surface area contributed by atoms with Gasteiger partial charge < -0.3 is 179 Å². The summed E-state index contributed by atoms with van der Waals surface area (Å²) < 4.78 is 67.1. The molecule has 7 aliphatic rings. The average molecular weight is 1230 g/mol. The van der Waals surface area contributed by atoms with Crippen molar-refractivity contribution in [1.82, 2.24) is 0 Å². The number of ketones is 2. The lowest BCUT2D eigenvalue weighted by Gasteiger charge is -2.57. The van der Waals surface area contributed by atoms with Crippen LogP contribution < -0.4 is 40.1 Å². The number of esters is 2. The van der Waals surface area contributed by atoms with Crippen LogP contribution in [0.15, 0.2) is 0 Å². The Morgan fingerprint density at radius 1 is 0.500 bits per heavy atom. The highest BCUT2D eigenvalue weighted by Gasteiger charge is 2.80. The van der Waals surface area contributed by atoms with Gasteiger partial charge in [-0.05, 0) is 6.42 Å². The second-order valence-corrected chi connectivity index (χ2v) is 21.4. The fraction of sp³-hybridized carbons (Fsp3) is 0.911. The van der Waals surface area contributed by atoms with Gasteiger partial charge >= 0.3 is 23.5 Å². The van der Waals surface area contributed by atoms with Gasteiger partial charge in [0.05, 0.1) is 69.9 Å². The molecule has 7 aliphatic heterocycles. The maximum absolute atomic E-state index is 14.9. The van der Waals surface area contributed by atoms with E-state index in [0.717, 1.165) is 0 Å². The largest absolute Gasteiger partial charge is 0.424 e. The Kier molecular flexibility index (Phi) is 22.0. The van der Waals surface area contributed by atoms with Crippen LogP contribution in [0.1, 0.15) is 25.7 Å². The normalized spacial score (nSPS) is 50.4. The van der Waals surface area contributed by atoms with Crippen molar-refractivity contribution in [3.8, 4) is 0 Å². The zero-order chi connectivity index (χ0) is 62.5. The van der Waals surface area contributed by atoms with Crippen LogP contribution in [0.4, 0.5) is 0 Å². The molecule has 0 aromatic heterocycles. The number of aliphatic hydroxyl groups is 16. The first-order valence-corrected chi connectivity index (χ1v) is 26.4. The lowest BCUT2D eigenvalue weighted by atomic mass is 9.74. The fourth-order valence-electron chi connectivity index (χ4n) is 10.9. The van der Waals surface area contributed by atoms with E-state index in [2.05, 4.69) is 0 Å². The maximum Gasteiger partial charge on any atom is 0.325 e. The molecule has 0 spiro atoms. The summed E-state index contributed by atoms with van der Waals surface area (Å²) in [7, 11) is 0. The average Bonchev–Trinajstić information content (AvgIpc) is 1.12. The molecule has 7 saturated heterocycles. The molecule has 39 nitrogen and oxygen atoms in total. The van der Waals surface area contributed by atoms with E-state index in [4.69, 9.17) is 97.0 Å². The number of hydrogen-bond acceptors (Lipinski definition) is 39. The van der Waals surface area contributed by atoms with E-state index in [1.54, 1.807) is 0 Å². The number of nitrogens with two attached hydrogens (primary N) is 7. The van der Waals surface area contributed by atoms with Gasteiger partial charge in [-0.3, -0.25) is 19.2 Å². The van der Waals surface area contributed by atoms with Crippen molar-refractivity contribution in [2.75, 3.05) is 39.6 Å². The molecular weight excluding hydrogens is 1150 g/mol. The van der Waals surface area contributed by atoms with Crippen LogP contribution in [0.5, 0.6) is 0 Å². The standard InChI is InChI=1S/C45H77N7O32/c46-11-1-4-18(61)81-44(71)33(52)41(80-32-15(8-56)76-39(22(50)27(32)65)78-30-13(6-54)74-37(70)20(48)25(30)63)84-43(10-58,45(44,72)82-35(11)68)17(60)3-2-16(59)42(9-57)34(67)28(66)23(51)40(83-42)79-31-14(7-55)75-38(21(49)26(31)64)77-29-12(5-53)73-36(69)19(47)24(29)62/h11-15,19-34,36-41,53-58,62-67,69-72H,1-10,46-52H2/t11-,12-,13-,14-,15-,19-,20-,21-,22-,23-,24-,25-,26-,27-,28-,29?,30?,31?,32?,33-,34+,36-,37-,38+,39+,40+,41+,42+,43-,44-,45+/m1/s1. The van der Waals surface area contributed by atoms with Gasteiger partial charge in [0.1, 0.15) is 97.5 Å². The molecule has 0 aromatic rings. The van der Waals surface area contributed by atoms with Crippen molar-refractivity contribution < 1.29 is 158 Å². The van der Waals surface area contributed by atoms with E-state index in [0.29, 0.717) is 0 Å². The highest BCUT2D eigenvalue weighted by atomic mass is 16.8. The molecule has 7 rings (SSSR count). The van der Waals surface area contributed by atoms with Crippen molar-refractivity contribution in [1.29, 1.82) is 0 Å². The summed E-state index contributed by atoms with van der Waals surface area (Å²) in [6.07, 6.45) is -42.3. The van der Waals surface area contributed by atoms with Crippen LogP contribution in [-0.4, -0.2) is 333 Å². The SMILES string of the molecule is N[C@H]1[C@@H](OC2[C@@H](CO)O[C@@H](OC3[C@@H](CO)O[C@@H](O)[C@H](N)[C@H]3O)[C@H](N)[C@H]2O)O[C@@](CO)(C(=O)CCC(=O)[C@@]2(CO)O[C@H](OC3[C@@H](CO)O[C@@H](OC4[C@@H](CO)O[C@@H](O)[C@H](N)[C@H]4O)[C@H](N)[C@H]3O)[C@@H](N)[C@@]3(O)OC(=O)CC[C@@H](N)C(=O)O[C@@]23O)[C@@H](O)[C@@H]1O. The molecule has 0 radical (unpaired) electrons. The number of rotatable bonds is 19. The minimum Gasteiger partial charge on any atom is -0.424 e. The zero-order valence-corrected chi connectivity index (χ0v) is 44.4. The highest BCUT2D eigenvalue weighted by molar-refractivity contribution is 5.96. The molecule has 0 aliphatic carbocycles. The van der Waals surface area contributed by atoms with Gasteiger partial charge in [0, 0.05) is 19.3 Å². The van der Waals surface area contributed by atoms with Crippen LogP contribution in [0.3, 0.4) is 0 Å². The lowest BCUT2D eigenvalue weighted by Crippen LogP contribution is -2.86. The Balaban J connectivity index is 1.15. The lowest BCUT2D eigenvalue weighted by molar-refractivity contribution is -0.470. The van der Waals surface area contributed by atoms with E-state index in [-0.39, 0.29) is 0 Å². The molecule has 0 saturated carbocycles. The molecule has 0 amide bonds. The Hall–Kier alpha value is -3.04. The van der Waals surface area contributed by atoms with E-state index in [1.165, 1.54) is 0 Å². The summed E-state index contributed by atoms with van der Waals surface area (Å²) in [5.74, 6) is -14.8. The quantitative estimate of drug-likeness (QED) is 0.0534. The zero-order valence-electron chi connectivity index (χ0n) is 44.4. The van der Waals surface area contributed by atoms with Gasteiger partial charge in [-0.2, -0.15) is 0 Å². The van der Waals surface area contributed by atoms with Crippen LogP contribution in [0.25, 0.3) is 0 Å². The Morgan fingerprint density at radius 3 is 1.35 bits per heavy atom. The maximum atomic E-state index is 14.9. The van der Waals surface area contributed by atoms with Crippen molar-refractivity contribution in [3.63, 3.8) is 0 Å².